The van der Waals surface area contributed by atoms with Gasteiger partial charge in [0.1, 0.15) is 5.56 Å². The fraction of sp³-hybridized carbons (Fsp3) is 0.0588. The summed E-state index contributed by atoms with van der Waals surface area (Å²) in [5.41, 5.74) is 1.34. The molecule has 0 saturated carbocycles. The Kier molecular flexibility index (Phi) is 4.16. The Morgan fingerprint density at radius 2 is 1.86 bits per heavy atom. The number of nitrogens with one attached hydrogen (secondary N) is 2. The highest BCUT2D eigenvalue weighted by atomic mass is 32.1. The molecule has 0 atom stereocenters. The number of aromatic amines is 1. The summed E-state index contributed by atoms with van der Waals surface area (Å²) in [5, 5.41) is 4.70. The van der Waals surface area contributed by atoms with Crippen LogP contribution < -0.4 is 10.9 Å². The summed E-state index contributed by atoms with van der Waals surface area (Å²) in [6.45, 7) is 0.427. The zero-order valence-electron chi connectivity index (χ0n) is 11.7. The van der Waals surface area contributed by atoms with Gasteiger partial charge in [0.15, 0.2) is 0 Å². The molecule has 0 spiro atoms. The van der Waals surface area contributed by atoms with Gasteiger partial charge in [-0.05, 0) is 29.1 Å². The number of thiophene rings is 1. The number of amides is 1. The topological polar surface area (TPSA) is 62.0 Å². The van der Waals surface area contributed by atoms with Gasteiger partial charge in [0.25, 0.3) is 11.5 Å². The molecule has 0 unspecified atom stereocenters. The maximum atomic E-state index is 12.1. The van der Waals surface area contributed by atoms with E-state index < -0.39 is 0 Å². The largest absolute Gasteiger partial charge is 0.347 e. The highest BCUT2D eigenvalue weighted by Gasteiger charge is 2.11. The zero-order chi connectivity index (χ0) is 15.4. The van der Waals surface area contributed by atoms with E-state index in [1.165, 1.54) is 0 Å². The molecule has 1 amide bonds. The SMILES string of the molecule is O=C(NCc1cccs1)c1ccc(-c2ccccc2)[nH]c1=O. The van der Waals surface area contributed by atoms with Crippen molar-refractivity contribution in [3.63, 3.8) is 0 Å². The number of pyridine rings is 1. The number of hydrogen-bond acceptors (Lipinski definition) is 3. The molecular formula is C17H14N2O2S. The van der Waals surface area contributed by atoms with Crippen molar-refractivity contribution in [1.82, 2.24) is 10.3 Å². The van der Waals surface area contributed by atoms with Crippen LogP contribution in [-0.2, 0) is 6.54 Å². The Hall–Kier alpha value is -2.66. The Morgan fingerprint density at radius 3 is 2.55 bits per heavy atom. The molecule has 2 heterocycles. The van der Waals surface area contributed by atoms with E-state index in [0.717, 1.165) is 10.4 Å². The quantitative estimate of drug-likeness (QED) is 0.778. The van der Waals surface area contributed by atoms with Gasteiger partial charge in [-0.15, -0.1) is 11.3 Å². The third-order valence-corrected chi connectivity index (χ3v) is 4.12. The number of carbonyl (C=O) groups excluding carboxylic acids is 1. The molecule has 0 aliphatic carbocycles. The van der Waals surface area contributed by atoms with Crippen LogP contribution in [0.15, 0.2) is 64.8 Å². The molecule has 2 aromatic heterocycles. The van der Waals surface area contributed by atoms with Gasteiger partial charge in [0.05, 0.1) is 6.54 Å². The van der Waals surface area contributed by atoms with E-state index in [4.69, 9.17) is 0 Å². The molecule has 4 nitrogen and oxygen atoms in total. The smallest absolute Gasteiger partial charge is 0.261 e. The Labute approximate surface area is 131 Å². The predicted molar refractivity (Wildman–Crippen MR) is 88.0 cm³/mol. The molecule has 1 aromatic carbocycles. The van der Waals surface area contributed by atoms with Crippen LogP contribution in [0.2, 0.25) is 0 Å². The number of H-pyrrole nitrogens is 1. The van der Waals surface area contributed by atoms with Crippen molar-refractivity contribution in [2.45, 2.75) is 6.54 Å². The summed E-state index contributed by atoms with van der Waals surface area (Å²) in [5.74, 6) is -0.366. The van der Waals surface area contributed by atoms with Crippen molar-refractivity contribution in [2.75, 3.05) is 0 Å². The van der Waals surface area contributed by atoms with Gasteiger partial charge in [-0.2, -0.15) is 0 Å². The lowest BCUT2D eigenvalue weighted by molar-refractivity contribution is 0.0950. The monoisotopic (exact) mass is 310 g/mol. The third kappa shape index (κ3) is 3.15. The Balaban J connectivity index is 1.77. The van der Waals surface area contributed by atoms with Crippen molar-refractivity contribution in [3.05, 3.63) is 80.8 Å². The fourth-order valence-corrected chi connectivity index (χ4v) is 2.76. The van der Waals surface area contributed by atoms with E-state index in [0.29, 0.717) is 12.2 Å². The molecule has 0 aliphatic rings. The average molecular weight is 310 g/mol. The molecule has 0 bridgehead atoms. The van der Waals surface area contributed by atoms with Gasteiger partial charge in [-0.25, -0.2) is 0 Å². The first-order valence-electron chi connectivity index (χ1n) is 6.83. The summed E-state index contributed by atoms with van der Waals surface area (Å²) in [7, 11) is 0. The first-order chi connectivity index (χ1) is 10.7. The highest BCUT2D eigenvalue weighted by molar-refractivity contribution is 7.09. The normalized spacial score (nSPS) is 10.4. The van der Waals surface area contributed by atoms with E-state index in [-0.39, 0.29) is 17.0 Å². The number of rotatable bonds is 4. The van der Waals surface area contributed by atoms with Crippen LogP contribution in [0, 0.1) is 0 Å². The molecule has 2 N–H and O–H groups in total. The summed E-state index contributed by atoms with van der Waals surface area (Å²) in [6.07, 6.45) is 0. The Morgan fingerprint density at radius 1 is 1.05 bits per heavy atom. The Bertz CT molecular complexity index is 823. The molecular weight excluding hydrogens is 296 g/mol. The second kappa shape index (κ2) is 6.41. The van der Waals surface area contributed by atoms with Gasteiger partial charge in [0.2, 0.25) is 0 Å². The maximum Gasteiger partial charge on any atom is 0.261 e. The lowest BCUT2D eigenvalue weighted by Gasteiger charge is -2.05. The van der Waals surface area contributed by atoms with Gasteiger partial charge >= 0.3 is 0 Å². The van der Waals surface area contributed by atoms with Crippen LogP contribution in [-0.4, -0.2) is 10.9 Å². The summed E-state index contributed by atoms with van der Waals surface area (Å²) in [6, 6.07) is 16.7. The number of benzene rings is 1. The van der Waals surface area contributed by atoms with Gasteiger partial charge < -0.3 is 10.3 Å². The number of aromatic nitrogens is 1. The molecule has 3 aromatic rings. The van der Waals surface area contributed by atoms with Gasteiger partial charge in [-0.3, -0.25) is 9.59 Å². The van der Waals surface area contributed by atoms with Crippen molar-refractivity contribution < 1.29 is 4.79 Å². The minimum absolute atomic E-state index is 0.122. The van der Waals surface area contributed by atoms with E-state index in [9.17, 15) is 9.59 Å². The van der Waals surface area contributed by atoms with Gasteiger partial charge in [-0.1, -0.05) is 36.4 Å². The molecule has 0 fully saturated rings. The van der Waals surface area contributed by atoms with Crippen molar-refractivity contribution >= 4 is 17.2 Å². The van der Waals surface area contributed by atoms with Crippen LogP contribution in [0.1, 0.15) is 15.2 Å². The van der Waals surface area contributed by atoms with E-state index in [1.54, 1.807) is 23.5 Å². The molecule has 0 saturated heterocycles. The molecule has 5 heteroatoms. The van der Waals surface area contributed by atoms with Crippen LogP contribution in [0.25, 0.3) is 11.3 Å². The lowest BCUT2D eigenvalue weighted by Crippen LogP contribution is -2.29. The van der Waals surface area contributed by atoms with E-state index in [1.807, 2.05) is 47.8 Å². The predicted octanol–water partition coefficient (Wildman–Crippen LogP) is 3.03. The van der Waals surface area contributed by atoms with Crippen LogP contribution in [0.5, 0.6) is 0 Å². The molecule has 0 aliphatic heterocycles. The van der Waals surface area contributed by atoms with Crippen molar-refractivity contribution in [1.29, 1.82) is 0 Å². The van der Waals surface area contributed by atoms with E-state index in [2.05, 4.69) is 10.3 Å². The second-order valence-corrected chi connectivity index (χ2v) is 5.78. The third-order valence-electron chi connectivity index (χ3n) is 3.24. The molecule has 22 heavy (non-hydrogen) atoms. The number of carbonyl (C=O) groups is 1. The van der Waals surface area contributed by atoms with Crippen molar-refractivity contribution in [3.8, 4) is 11.3 Å². The molecule has 3 rings (SSSR count). The lowest BCUT2D eigenvalue weighted by atomic mass is 10.1. The van der Waals surface area contributed by atoms with Crippen LogP contribution in [0.4, 0.5) is 0 Å². The first-order valence-corrected chi connectivity index (χ1v) is 7.71. The van der Waals surface area contributed by atoms with Crippen molar-refractivity contribution in [2.24, 2.45) is 0 Å². The minimum Gasteiger partial charge on any atom is -0.347 e. The first kappa shape index (κ1) is 14.3. The summed E-state index contributed by atoms with van der Waals surface area (Å²) < 4.78 is 0. The maximum absolute atomic E-state index is 12.1. The average Bonchev–Trinajstić information content (AvgIpc) is 3.07. The number of hydrogen-bond donors (Lipinski definition) is 2. The summed E-state index contributed by atoms with van der Waals surface area (Å²) in [4.78, 5) is 28.0. The van der Waals surface area contributed by atoms with Gasteiger partial charge in [0, 0.05) is 10.6 Å². The standard InChI is InChI=1S/C17H14N2O2S/c20-16(18-11-13-7-4-10-22-13)14-8-9-15(19-17(14)21)12-5-2-1-3-6-12/h1-10H,11H2,(H,18,20)(H,19,21). The highest BCUT2D eigenvalue weighted by Crippen LogP contribution is 2.14. The summed E-state index contributed by atoms with van der Waals surface area (Å²) >= 11 is 1.56. The molecule has 0 radical (unpaired) electrons. The van der Waals surface area contributed by atoms with E-state index >= 15 is 0 Å². The van der Waals surface area contributed by atoms with Crippen LogP contribution >= 0.6 is 11.3 Å². The minimum atomic E-state index is -0.384. The second-order valence-electron chi connectivity index (χ2n) is 4.74. The zero-order valence-corrected chi connectivity index (χ0v) is 12.5. The fourth-order valence-electron chi connectivity index (χ4n) is 2.11. The molecule has 110 valence electrons. The van der Waals surface area contributed by atoms with Crippen LogP contribution in [0.3, 0.4) is 0 Å².